The van der Waals surface area contributed by atoms with Crippen molar-refractivity contribution in [2.24, 2.45) is 0 Å². The first-order valence-corrected chi connectivity index (χ1v) is 6.83. The van der Waals surface area contributed by atoms with Crippen LogP contribution in [-0.2, 0) is 11.8 Å². The van der Waals surface area contributed by atoms with E-state index < -0.39 is 0 Å². The van der Waals surface area contributed by atoms with Crippen molar-refractivity contribution in [1.82, 2.24) is 0 Å². The van der Waals surface area contributed by atoms with Crippen LogP contribution in [0.25, 0.3) is 0 Å². The summed E-state index contributed by atoms with van der Waals surface area (Å²) in [5, 5.41) is 0. The van der Waals surface area contributed by atoms with Crippen LogP contribution in [0.4, 0.5) is 0 Å². The Morgan fingerprint density at radius 3 is 2.16 bits per heavy atom. The fourth-order valence-corrected chi connectivity index (χ4v) is 2.14. The van der Waals surface area contributed by atoms with E-state index in [4.69, 9.17) is 4.74 Å². The number of hydrogen-bond acceptors (Lipinski definition) is 1. The summed E-state index contributed by atoms with van der Waals surface area (Å²) in [7, 11) is 0. The number of ether oxygens (including phenoxy) is 1. The molecule has 1 heteroatoms. The maximum absolute atomic E-state index is 5.97. The van der Waals surface area contributed by atoms with E-state index in [1.807, 2.05) is 12.1 Å². The molecular formula is C18H22O. The van der Waals surface area contributed by atoms with Gasteiger partial charge in [0.15, 0.2) is 0 Å². The quantitative estimate of drug-likeness (QED) is 0.774. The lowest BCUT2D eigenvalue weighted by Crippen LogP contribution is -2.14. The fraction of sp³-hybridized carbons (Fsp3) is 0.333. The lowest BCUT2D eigenvalue weighted by molar-refractivity contribution is 0.313. The van der Waals surface area contributed by atoms with Gasteiger partial charge in [-0.3, -0.25) is 0 Å². The summed E-state index contributed by atoms with van der Waals surface area (Å²) in [5.74, 6) is 1.01. The minimum atomic E-state index is 0.114. The maximum Gasteiger partial charge on any atom is 0.123 e. The molecule has 0 aliphatic rings. The third-order valence-corrected chi connectivity index (χ3v) is 3.19. The average molecular weight is 254 g/mol. The predicted octanol–water partition coefficient (Wildman–Crippen LogP) is 4.61. The van der Waals surface area contributed by atoms with Crippen LogP contribution < -0.4 is 4.74 Å². The van der Waals surface area contributed by atoms with Gasteiger partial charge in [0, 0.05) is 6.42 Å². The second kappa shape index (κ2) is 5.92. The van der Waals surface area contributed by atoms with E-state index >= 15 is 0 Å². The number of benzene rings is 2. The zero-order chi connectivity index (χ0) is 13.7. The molecule has 2 rings (SSSR count). The highest BCUT2D eigenvalue weighted by Crippen LogP contribution is 2.30. The average Bonchev–Trinajstić information content (AvgIpc) is 2.39. The molecular weight excluding hydrogens is 232 g/mol. The second-order valence-electron chi connectivity index (χ2n) is 5.83. The highest BCUT2D eigenvalue weighted by Gasteiger charge is 2.18. The van der Waals surface area contributed by atoms with Crippen LogP contribution in [0.3, 0.4) is 0 Å². The molecule has 0 heterocycles. The highest BCUT2D eigenvalue weighted by atomic mass is 16.5. The molecule has 1 nitrogen and oxygen atoms in total. The van der Waals surface area contributed by atoms with Gasteiger partial charge >= 0.3 is 0 Å². The van der Waals surface area contributed by atoms with E-state index in [0.717, 1.165) is 18.8 Å². The minimum absolute atomic E-state index is 0.114. The van der Waals surface area contributed by atoms with Crippen LogP contribution in [0.15, 0.2) is 54.6 Å². The van der Waals surface area contributed by atoms with E-state index in [2.05, 4.69) is 63.2 Å². The molecule has 0 radical (unpaired) electrons. The van der Waals surface area contributed by atoms with Crippen molar-refractivity contribution in [3.8, 4) is 5.75 Å². The first-order valence-electron chi connectivity index (χ1n) is 6.83. The van der Waals surface area contributed by atoms with Gasteiger partial charge < -0.3 is 4.74 Å². The van der Waals surface area contributed by atoms with Crippen molar-refractivity contribution < 1.29 is 4.74 Å². The van der Waals surface area contributed by atoms with Gasteiger partial charge in [-0.1, -0.05) is 69.3 Å². The van der Waals surface area contributed by atoms with E-state index in [9.17, 15) is 0 Å². The molecule has 0 atom stereocenters. The topological polar surface area (TPSA) is 9.23 Å². The molecule has 0 amide bonds. The van der Waals surface area contributed by atoms with Gasteiger partial charge in [-0.15, -0.1) is 0 Å². The van der Waals surface area contributed by atoms with Crippen molar-refractivity contribution in [2.75, 3.05) is 6.61 Å². The van der Waals surface area contributed by atoms with Crippen LogP contribution in [0.1, 0.15) is 31.9 Å². The third-order valence-electron chi connectivity index (χ3n) is 3.19. The molecule has 0 aromatic heterocycles. The number of rotatable bonds is 4. The summed E-state index contributed by atoms with van der Waals surface area (Å²) in [6, 6.07) is 18.8. The molecule has 100 valence electrons. The molecule has 19 heavy (non-hydrogen) atoms. The van der Waals surface area contributed by atoms with Crippen molar-refractivity contribution in [1.29, 1.82) is 0 Å². The summed E-state index contributed by atoms with van der Waals surface area (Å²) in [6.07, 6.45) is 0.944. The predicted molar refractivity (Wildman–Crippen MR) is 80.8 cm³/mol. The summed E-state index contributed by atoms with van der Waals surface area (Å²) in [6.45, 7) is 7.36. The van der Waals surface area contributed by atoms with Crippen LogP contribution in [0, 0.1) is 0 Å². The Kier molecular flexibility index (Phi) is 4.26. The number of hydrogen-bond donors (Lipinski definition) is 0. The summed E-state index contributed by atoms with van der Waals surface area (Å²) < 4.78 is 5.97. The maximum atomic E-state index is 5.97. The molecule has 0 saturated carbocycles. The summed E-state index contributed by atoms with van der Waals surface area (Å²) >= 11 is 0. The first kappa shape index (κ1) is 13.7. The minimum Gasteiger partial charge on any atom is -0.493 e. The van der Waals surface area contributed by atoms with Gasteiger partial charge in [0.25, 0.3) is 0 Å². The molecule has 0 aliphatic heterocycles. The zero-order valence-electron chi connectivity index (χ0n) is 12.0. The summed E-state index contributed by atoms with van der Waals surface area (Å²) in [4.78, 5) is 0. The Labute approximate surface area is 116 Å². The van der Waals surface area contributed by atoms with Crippen molar-refractivity contribution >= 4 is 0 Å². The molecule has 0 spiro atoms. The van der Waals surface area contributed by atoms with Crippen LogP contribution >= 0.6 is 0 Å². The molecule has 0 bridgehead atoms. The number of para-hydroxylation sites is 1. The second-order valence-corrected chi connectivity index (χ2v) is 5.83. The zero-order valence-corrected chi connectivity index (χ0v) is 12.0. The SMILES string of the molecule is CC(C)(C)c1ccccc1OCCc1ccccc1. The third kappa shape index (κ3) is 3.85. The lowest BCUT2D eigenvalue weighted by atomic mass is 9.86. The normalized spacial score (nSPS) is 11.3. The Balaban J connectivity index is 2.00. The summed E-state index contributed by atoms with van der Waals surface area (Å²) in [5.41, 5.74) is 2.70. The van der Waals surface area contributed by atoms with Crippen LogP contribution in [0.2, 0.25) is 0 Å². The van der Waals surface area contributed by atoms with Gasteiger partial charge in [0.2, 0.25) is 0 Å². The lowest BCUT2D eigenvalue weighted by Gasteiger charge is -2.22. The monoisotopic (exact) mass is 254 g/mol. The molecule has 0 saturated heterocycles. The Hall–Kier alpha value is -1.76. The fourth-order valence-electron chi connectivity index (χ4n) is 2.14. The standard InChI is InChI=1S/C18H22O/c1-18(2,3)16-11-7-8-12-17(16)19-14-13-15-9-5-4-6-10-15/h4-12H,13-14H2,1-3H3. The molecule has 0 N–H and O–H groups in total. The molecule has 2 aromatic carbocycles. The van der Waals surface area contributed by atoms with Crippen molar-refractivity contribution in [3.05, 3.63) is 65.7 Å². The molecule has 2 aromatic rings. The highest BCUT2D eigenvalue weighted by molar-refractivity contribution is 5.38. The Morgan fingerprint density at radius 2 is 1.47 bits per heavy atom. The largest absolute Gasteiger partial charge is 0.493 e. The van der Waals surface area contributed by atoms with Crippen LogP contribution in [0.5, 0.6) is 5.75 Å². The van der Waals surface area contributed by atoms with Gasteiger partial charge in [-0.2, -0.15) is 0 Å². The van der Waals surface area contributed by atoms with Gasteiger partial charge in [-0.05, 0) is 22.6 Å². The van der Waals surface area contributed by atoms with E-state index in [1.165, 1.54) is 11.1 Å². The molecule has 0 aliphatic carbocycles. The van der Waals surface area contributed by atoms with Gasteiger partial charge in [0.05, 0.1) is 6.61 Å². The van der Waals surface area contributed by atoms with Crippen molar-refractivity contribution in [3.63, 3.8) is 0 Å². The Bertz CT molecular complexity index is 509. The van der Waals surface area contributed by atoms with E-state index in [-0.39, 0.29) is 5.41 Å². The smallest absolute Gasteiger partial charge is 0.123 e. The Morgan fingerprint density at radius 1 is 0.842 bits per heavy atom. The molecule has 0 unspecified atom stereocenters. The van der Waals surface area contributed by atoms with E-state index in [1.54, 1.807) is 0 Å². The van der Waals surface area contributed by atoms with E-state index in [0.29, 0.717) is 0 Å². The first-order chi connectivity index (χ1) is 9.07. The molecule has 0 fully saturated rings. The van der Waals surface area contributed by atoms with Crippen molar-refractivity contribution in [2.45, 2.75) is 32.6 Å². The van der Waals surface area contributed by atoms with Gasteiger partial charge in [-0.25, -0.2) is 0 Å². The van der Waals surface area contributed by atoms with Gasteiger partial charge in [0.1, 0.15) is 5.75 Å². The van der Waals surface area contributed by atoms with Crippen LogP contribution in [-0.4, -0.2) is 6.61 Å².